The quantitative estimate of drug-likeness (QED) is 0.727. The Morgan fingerprint density at radius 2 is 2.00 bits per heavy atom. The van der Waals surface area contributed by atoms with E-state index in [0.717, 1.165) is 18.9 Å². The third kappa shape index (κ3) is 5.82. The second kappa shape index (κ2) is 7.75. The number of hydrogen-bond acceptors (Lipinski definition) is 2. The minimum Gasteiger partial charge on any atom is -0.382 e. The zero-order valence-electron chi connectivity index (χ0n) is 10.7. The van der Waals surface area contributed by atoms with E-state index >= 15 is 0 Å². The molecule has 0 saturated heterocycles. The molecule has 0 atom stereocenters. The number of ether oxygens (including phenoxy) is 1. The molecular weight excluding hydrogens is 323 g/mol. The Hall–Kier alpha value is -0.750. The molecule has 0 unspecified atom stereocenters. The van der Waals surface area contributed by atoms with Crippen molar-refractivity contribution in [2.45, 2.75) is 25.9 Å². The Bertz CT molecular complexity index is 396. The summed E-state index contributed by atoms with van der Waals surface area (Å²) in [5, 5.41) is 2.76. The van der Waals surface area contributed by atoms with E-state index in [9.17, 15) is 13.2 Å². The Kier molecular flexibility index (Phi) is 6.65. The summed E-state index contributed by atoms with van der Waals surface area (Å²) in [6, 6.07) is 3.87. The summed E-state index contributed by atoms with van der Waals surface area (Å²) in [6.07, 6.45) is -2.35. The van der Waals surface area contributed by atoms with E-state index in [4.69, 9.17) is 4.74 Å². The lowest BCUT2D eigenvalue weighted by atomic mass is 10.1. The molecule has 0 aliphatic heterocycles. The number of nitrogens with one attached hydrogen (secondary N) is 1. The van der Waals surface area contributed by atoms with Gasteiger partial charge in [0.15, 0.2) is 0 Å². The van der Waals surface area contributed by atoms with Crippen LogP contribution in [0.4, 0.5) is 18.9 Å². The maximum atomic E-state index is 12.8. The van der Waals surface area contributed by atoms with Crippen molar-refractivity contribution in [1.29, 1.82) is 0 Å². The Morgan fingerprint density at radius 1 is 1.26 bits per heavy atom. The summed E-state index contributed by atoms with van der Waals surface area (Å²) in [6.45, 7) is 3.44. The first-order valence-electron chi connectivity index (χ1n) is 6.13. The zero-order valence-corrected chi connectivity index (χ0v) is 12.3. The summed E-state index contributed by atoms with van der Waals surface area (Å²) < 4.78 is 44.2. The van der Waals surface area contributed by atoms with Gasteiger partial charge >= 0.3 is 6.18 Å². The molecule has 1 aromatic carbocycles. The van der Waals surface area contributed by atoms with Crippen molar-refractivity contribution in [3.05, 3.63) is 28.2 Å². The van der Waals surface area contributed by atoms with Crippen LogP contribution in [0, 0.1) is 0 Å². The summed E-state index contributed by atoms with van der Waals surface area (Å²) in [4.78, 5) is 0. The number of rotatable bonds is 7. The lowest BCUT2D eigenvalue weighted by Gasteiger charge is -2.15. The molecule has 1 aromatic rings. The molecule has 19 heavy (non-hydrogen) atoms. The largest absolute Gasteiger partial charge is 0.418 e. The van der Waals surface area contributed by atoms with Gasteiger partial charge in [0.2, 0.25) is 0 Å². The van der Waals surface area contributed by atoms with Crippen molar-refractivity contribution in [2.75, 3.05) is 25.1 Å². The van der Waals surface area contributed by atoms with Crippen LogP contribution in [0.25, 0.3) is 0 Å². The molecule has 0 fully saturated rings. The van der Waals surface area contributed by atoms with Crippen LogP contribution in [-0.2, 0) is 10.9 Å². The van der Waals surface area contributed by atoms with Crippen LogP contribution in [0.15, 0.2) is 22.7 Å². The lowest BCUT2D eigenvalue weighted by molar-refractivity contribution is -0.137. The van der Waals surface area contributed by atoms with Gasteiger partial charge in [-0.05, 0) is 24.6 Å². The minimum absolute atomic E-state index is 0.0703. The second-order valence-electron chi connectivity index (χ2n) is 4.08. The average Bonchev–Trinajstić information content (AvgIpc) is 2.32. The summed E-state index contributed by atoms with van der Waals surface area (Å²) >= 11 is 3.17. The molecule has 0 spiro atoms. The third-order valence-electron chi connectivity index (χ3n) is 2.49. The van der Waals surface area contributed by atoms with Crippen LogP contribution in [0.3, 0.4) is 0 Å². The summed E-state index contributed by atoms with van der Waals surface area (Å²) in [5.74, 6) is 0. The number of alkyl halides is 3. The van der Waals surface area contributed by atoms with Gasteiger partial charge in [0.05, 0.1) is 12.2 Å². The highest BCUT2D eigenvalue weighted by Crippen LogP contribution is 2.36. The zero-order chi connectivity index (χ0) is 14.3. The molecule has 6 heteroatoms. The van der Waals surface area contributed by atoms with Gasteiger partial charge in [0.25, 0.3) is 0 Å². The summed E-state index contributed by atoms with van der Waals surface area (Å²) in [7, 11) is 0. The normalized spacial score (nSPS) is 11.6. The Morgan fingerprint density at radius 3 is 2.63 bits per heavy atom. The topological polar surface area (TPSA) is 21.3 Å². The standard InChI is InChI=1S/C13H17BrF3NO/c1-2-3-7-19-8-6-18-12-9-10(14)4-5-11(12)13(15,16)17/h4-5,9,18H,2-3,6-8H2,1H3. The predicted octanol–water partition coefficient (Wildman–Crippen LogP) is 4.70. The van der Waals surface area contributed by atoms with E-state index in [2.05, 4.69) is 28.2 Å². The van der Waals surface area contributed by atoms with E-state index in [1.165, 1.54) is 12.1 Å². The number of anilines is 1. The molecule has 0 aliphatic carbocycles. The number of benzene rings is 1. The molecule has 0 heterocycles. The van der Waals surface area contributed by atoms with Crippen LogP contribution in [0.1, 0.15) is 25.3 Å². The molecule has 0 aliphatic rings. The molecule has 1 N–H and O–H groups in total. The van der Waals surface area contributed by atoms with E-state index in [1.54, 1.807) is 0 Å². The van der Waals surface area contributed by atoms with Crippen LogP contribution in [0.5, 0.6) is 0 Å². The Balaban J connectivity index is 2.54. The fourth-order valence-electron chi connectivity index (χ4n) is 1.52. The third-order valence-corrected chi connectivity index (χ3v) is 2.98. The molecule has 1 rings (SSSR count). The van der Waals surface area contributed by atoms with E-state index in [1.807, 2.05) is 0 Å². The second-order valence-corrected chi connectivity index (χ2v) is 5.00. The molecule has 0 bridgehead atoms. The first kappa shape index (κ1) is 16.3. The maximum absolute atomic E-state index is 12.8. The predicted molar refractivity (Wildman–Crippen MR) is 73.4 cm³/mol. The first-order chi connectivity index (χ1) is 8.95. The molecule has 0 radical (unpaired) electrons. The van der Waals surface area contributed by atoms with Gasteiger partial charge in [-0.2, -0.15) is 13.2 Å². The van der Waals surface area contributed by atoms with Gasteiger partial charge in [-0.3, -0.25) is 0 Å². The van der Waals surface area contributed by atoms with Crippen LogP contribution in [-0.4, -0.2) is 19.8 Å². The van der Waals surface area contributed by atoms with Crippen molar-refractivity contribution < 1.29 is 17.9 Å². The highest BCUT2D eigenvalue weighted by molar-refractivity contribution is 9.10. The van der Waals surface area contributed by atoms with Crippen LogP contribution < -0.4 is 5.32 Å². The van der Waals surface area contributed by atoms with Crippen molar-refractivity contribution in [3.8, 4) is 0 Å². The van der Waals surface area contributed by atoms with Gasteiger partial charge in [0.1, 0.15) is 0 Å². The smallest absolute Gasteiger partial charge is 0.382 e. The van der Waals surface area contributed by atoms with Gasteiger partial charge < -0.3 is 10.1 Å². The number of hydrogen-bond donors (Lipinski definition) is 1. The van der Waals surface area contributed by atoms with Crippen molar-refractivity contribution >= 4 is 21.6 Å². The fourth-order valence-corrected chi connectivity index (χ4v) is 1.88. The van der Waals surface area contributed by atoms with Crippen LogP contribution in [0.2, 0.25) is 0 Å². The monoisotopic (exact) mass is 339 g/mol. The number of halogens is 4. The highest BCUT2D eigenvalue weighted by atomic mass is 79.9. The molecule has 2 nitrogen and oxygen atoms in total. The van der Waals surface area contributed by atoms with Gasteiger partial charge in [-0.15, -0.1) is 0 Å². The molecule has 0 aromatic heterocycles. The van der Waals surface area contributed by atoms with E-state index < -0.39 is 11.7 Å². The highest BCUT2D eigenvalue weighted by Gasteiger charge is 2.33. The van der Waals surface area contributed by atoms with Crippen LogP contribution >= 0.6 is 15.9 Å². The SMILES string of the molecule is CCCCOCCNc1cc(Br)ccc1C(F)(F)F. The molecule has 0 amide bonds. The Labute approximate surface area is 119 Å². The van der Waals surface area contributed by atoms with Crippen molar-refractivity contribution in [3.63, 3.8) is 0 Å². The minimum atomic E-state index is -4.36. The first-order valence-corrected chi connectivity index (χ1v) is 6.92. The number of unbranched alkanes of at least 4 members (excludes halogenated alkanes) is 1. The van der Waals surface area contributed by atoms with Gasteiger partial charge in [-0.1, -0.05) is 29.3 Å². The average molecular weight is 340 g/mol. The molecular formula is C13H17BrF3NO. The van der Waals surface area contributed by atoms with Gasteiger partial charge in [-0.25, -0.2) is 0 Å². The summed E-state index contributed by atoms with van der Waals surface area (Å²) in [5.41, 5.74) is -0.592. The van der Waals surface area contributed by atoms with Crippen molar-refractivity contribution in [1.82, 2.24) is 0 Å². The maximum Gasteiger partial charge on any atom is 0.418 e. The lowest BCUT2D eigenvalue weighted by Crippen LogP contribution is -2.14. The van der Waals surface area contributed by atoms with E-state index in [-0.39, 0.29) is 5.69 Å². The molecule has 0 saturated carbocycles. The fraction of sp³-hybridized carbons (Fsp3) is 0.538. The van der Waals surface area contributed by atoms with Gasteiger partial charge in [0, 0.05) is 23.3 Å². The van der Waals surface area contributed by atoms with E-state index in [0.29, 0.717) is 24.2 Å². The van der Waals surface area contributed by atoms with Crippen molar-refractivity contribution in [2.24, 2.45) is 0 Å². The molecule has 108 valence electrons.